The van der Waals surface area contributed by atoms with Crippen molar-refractivity contribution in [2.75, 3.05) is 37.6 Å². The summed E-state index contributed by atoms with van der Waals surface area (Å²) in [5.41, 5.74) is 3.28. The molecule has 0 radical (unpaired) electrons. The molecule has 2 aromatic carbocycles. The molecule has 1 fully saturated rings. The Morgan fingerprint density at radius 3 is 2.45 bits per heavy atom. The molecule has 1 aliphatic carbocycles. The van der Waals surface area contributed by atoms with E-state index in [9.17, 15) is 4.79 Å². The minimum absolute atomic E-state index is 0.108. The average molecular weight is 412 g/mol. The molecule has 0 spiro atoms. The second-order valence-corrected chi connectivity index (χ2v) is 8.51. The highest BCUT2D eigenvalue weighted by atomic mass is 35.5. The fourth-order valence-electron chi connectivity index (χ4n) is 4.27. The number of hydrogen-bond acceptors (Lipinski definition) is 2. The highest BCUT2D eigenvalue weighted by Gasteiger charge is 2.40. The Labute approximate surface area is 179 Å². The molecular weight excluding hydrogens is 382 g/mol. The molecule has 4 rings (SSSR count). The summed E-state index contributed by atoms with van der Waals surface area (Å²) in [6, 6.07) is 16.3. The first-order chi connectivity index (χ1) is 14.1. The van der Waals surface area contributed by atoms with Crippen LogP contribution in [0.4, 0.5) is 10.5 Å². The fourth-order valence-corrected chi connectivity index (χ4v) is 4.45. The number of anilines is 1. The highest BCUT2D eigenvalue weighted by Crippen LogP contribution is 2.43. The van der Waals surface area contributed by atoms with Crippen molar-refractivity contribution >= 4 is 23.3 Å². The molecule has 1 atom stereocenters. The van der Waals surface area contributed by atoms with Crippen LogP contribution in [0.1, 0.15) is 43.9 Å². The van der Waals surface area contributed by atoms with E-state index in [4.69, 9.17) is 11.6 Å². The topological polar surface area (TPSA) is 26.8 Å². The number of rotatable bonds is 8. The Morgan fingerprint density at radius 2 is 1.79 bits per heavy atom. The van der Waals surface area contributed by atoms with Crippen molar-refractivity contribution in [3.8, 4) is 0 Å². The second kappa shape index (κ2) is 8.76. The van der Waals surface area contributed by atoms with Crippen molar-refractivity contribution in [3.05, 3.63) is 64.7 Å². The maximum atomic E-state index is 13.7. The Morgan fingerprint density at radius 1 is 1.07 bits per heavy atom. The predicted octanol–water partition coefficient (Wildman–Crippen LogP) is 5.42. The van der Waals surface area contributed by atoms with Crippen LogP contribution in [0.2, 0.25) is 5.02 Å². The van der Waals surface area contributed by atoms with Crippen molar-refractivity contribution in [1.82, 2.24) is 9.80 Å². The van der Waals surface area contributed by atoms with Gasteiger partial charge in [-0.05, 0) is 55.6 Å². The number of carbonyl (C=O) groups excluding carboxylic acids is 1. The van der Waals surface area contributed by atoms with Gasteiger partial charge in [-0.15, -0.1) is 0 Å². The van der Waals surface area contributed by atoms with Crippen LogP contribution < -0.4 is 4.90 Å². The molecule has 0 bridgehead atoms. The largest absolute Gasteiger partial charge is 0.325 e. The zero-order valence-electron chi connectivity index (χ0n) is 17.4. The van der Waals surface area contributed by atoms with Crippen LogP contribution in [0.25, 0.3) is 0 Å². The maximum absolute atomic E-state index is 13.7. The van der Waals surface area contributed by atoms with Gasteiger partial charge >= 0.3 is 6.03 Å². The zero-order chi connectivity index (χ0) is 20.4. The molecule has 29 heavy (non-hydrogen) atoms. The third-order valence-electron chi connectivity index (χ3n) is 6.17. The molecule has 2 aromatic rings. The number of fused-ring (bicyclic) bond motifs is 1. The minimum Gasteiger partial charge on any atom is -0.312 e. The van der Waals surface area contributed by atoms with Gasteiger partial charge in [0.2, 0.25) is 0 Å². The van der Waals surface area contributed by atoms with Crippen molar-refractivity contribution in [2.24, 2.45) is 5.92 Å². The summed E-state index contributed by atoms with van der Waals surface area (Å²) in [6.07, 6.45) is 2.43. The molecule has 1 aliphatic heterocycles. The van der Waals surface area contributed by atoms with Gasteiger partial charge in [-0.3, -0.25) is 4.90 Å². The molecule has 4 nitrogen and oxygen atoms in total. The Kier molecular flexibility index (Phi) is 6.12. The van der Waals surface area contributed by atoms with Gasteiger partial charge in [0.15, 0.2) is 0 Å². The first-order valence-electron chi connectivity index (χ1n) is 10.8. The van der Waals surface area contributed by atoms with Gasteiger partial charge < -0.3 is 9.80 Å². The van der Waals surface area contributed by atoms with Crippen LogP contribution in [-0.2, 0) is 0 Å². The summed E-state index contributed by atoms with van der Waals surface area (Å²) >= 11 is 6.42. The quantitative estimate of drug-likeness (QED) is 0.579. The number of hydrogen-bond donors (Lipinski definition) is 0. The van der Waals surface area contributed by atoms with Crippen LogP contribution in [0.3, 0.4) is 0 Å². The van der Waals surface area contributed by atoms with E-state index in [-0.39, 0.29) is 12.1 Å². The van der Waals surface area contributed by atoms with E-state index >= 15 is 0 Å². The third kappa shape index (κ3) is 4.29. The number of likely N-dealkylation sites (N-methyl/N-ethyl adjacent to an activating group) is 1. The Balaban J connectivity index is 1.76. The Bertz CT molecular complexity index is 848. The lowest BCUT2D eigenvalue weighted by Crippen LogP contribution is -2.52. The van der Waals surface area contributed by atoms with E-state index in [1.54, 1.807) is 0 Å². The van der Waals surface area contributed by atoms with E-state index in [0.29, 0.717) is 17.5 Å². The Hall–Kier alpha value is -2.04. The smallest absolute Gasteiger partial charge is 0.312 e. The van der Waals surface area contributed by atoms with Gasteiger partial charge in [-0.2, -0.15) is 0 Å². The van der Waals surface area contributed by atoms with Crippen molar-refractivity contribution in [3.63, 3.8) is 0 Å². The van der Waals surface area contributed by atoms with E-state index in [0.717, 1.165) is 43.0 Å². The van der Waals surface area contributed by atoms with Gasteiger partial charge in [0, 0.05) is 30.2 Å². The van der Waals surface area contributed by atoms with Gasteiger partial charge in [0.25, 0.3) is 0 Å². The van der Waals surface area contributed by atoms with Crippen LogP contribution >= 0.6 is 11.6 Å². The molecule has 1 heterocycles. The molecule has 1 saturated carbocycles. The molecule has 154 valence electrons. The number of halogens is 1. The standard InChI is InChI=1S/C24H30ClN3O/c1-3-26(4-2)14-15-27-23(19-8-6-5-7-9-19)21-16-20(25)12-13-22(21)28(24(27)29)17-18-10-11-18/h5-9,12-13,16,18,23H,3-4,10-11,14-15,17H2,1-2H3. The van der Waals surface area contributed by atoms with Crippen LogP contribution in [0.15, 0.2) is 48.5 Å². The van der Waals surface area contributed by atoms with Gasteiger partial charge in [0.1, 0.15) is 0 Å². The van der Waals surface area contributed by atoms with Crippen molar-refractivity contribution in [1.29, 1.82) is 0 Å². The summed E-state index contributed by atoms with van der Waals surface area (Å²) < 4.78 is 0. The zero-order valence-corrected chi connectivity index (χ0v) is 18.1. The molecule has 2 amide bonds. The maximum Gasteiger partial charge on any atom is 0.325 e. The normalized spacial score (nSPS) is 19.0. The second-order valence-electron chi connectivity index (χ2n) is 8.07. The molecule has 1 unspecified atom stereocenters. The summed E-state index contributed by atoms with van der Waals surface area (Å²) in [5, 5.41) is 0.717. The SMILES string of the molecule is CCN(CC)CCN1C(=O)N(CC2CC2)c2ccc(Cl)cc2C1c1ccccc1. The minimum atomic E-state index is -0.108. The lowest BCUT2D eigenvalue weighted by molar-refractivity contribution is 0.171. The predicted molar refractivity (Wildman–Crippen MR) is 120 cm³/mol. The monoisotopic (exact) mass is 411 g/mol. The molecule has 0 N–H and O–H groups in total. The number of urea groups is 1. The van der Waals surface area contributed by atoms with Crippen LogP contribution in [0, 0.1) is 5.92 Å². The summed E-state index contributed by atoms with van der Waals surface area (Å²) in [6.45, 7) is 8.69. The first kappa shape index (κ1) is 20.2. The fraction of sp³-hybridized carbons (Fsp3) is 0.458. The molecule has 0 aromatic heterocycles. The molecule has 5 heteroatoms. The molecule has 2 aliphatic rings. The summed E-state index contributed by atoms with van der Waals surface area (Å²) in [4.78, 5) is 20.1. The lowest BCUT2D eigenvalue weighted by Gasteiger charge is -2.43. The van der Waals surface area contributed by atoms with E-state index in [1.807, 2.05) is 41.3 Å². The first-order valence-corrected chi connectivity index (χ1v) is 11.1. The van der Waals surface area contributed by atoms with E-state index in [2.05, 4.69) is 35.8 Å². The number of nitrogens with zero attached hydrogens (tertiary/aromatic N) is 3. The summed E-state index contributed by atoms with van der Waals surface area (Å²) in [7, 11) is 0. The van der Waals surface area contributed by atoms with Crippen molar-refractivity contribution in [2.45, 2.75) is 32.7 Å². The number of carbonyl (C=O) groups is 1. The highest BCUT2D eigenvalue weighted by molar-refractivity contribution is 6.30. The molecule has 0 saturated heterocycles. The van der Waals surface area contributed by atoms with Gasteiger partial charge in [-0.1, -0.05) is 55.8 Å². The van der Waals surface area contributed by atoms with Crippen LogP contribution in [0.5, 0.6) is 0 Å². The van der Waals surface area contributed by atoms with E-state index < -0.39 is 0 Å². The van der Waals surface area contributed by atoms with Crippen molar-refractivity contribution < 1.29 is 4.79 Å². The summed E-state index contributed by atoms with van der Waals surface area (Å²) in [5.74, 6) is 0.625. The van der Waals surface area contributed by atoms with E-state index in [1.165, 1.54) is 12.8 Å². The van der Waals surface area contributed by atoms with Gasteiger partial charge in [-0.25, -0.2) is 4.79 Å². The van der Waals surface area contributed by atoms with Gasteiger partial charge in [0.05, 0.1) is 11.7 Å². The third-order valence-corrected chi connectivity index (χ3v) is 6.40. The van der Waals surface area contributed by atoms with Crippen LogP contribution in [-0.4, -0.2) is 48.6 Å². The number of benzene rings is 2. The molecular formula is C24H30ClN3O. The number of amides is 2. The lowest BCUT2D eigenvalue weighted by atomic mass is 9.93. The average Bonchev–Trinajstić information content (AvgIpc) is 3.56.